The SMILES string of the molecule is CCN(Cc1nc2cnc3ccccc3c2n1Cc1ccccc1)C(=O)OC(C)(C)C. The molecule has 0 radical (unpaired) electrons. The highest BCUT2D eigenvalue weighted by Gasteiger charge is 2.24. The number of fused-ring (bicyclic) bond motifs is 3. The molecule has 0 fully saturated rings. The Hall–Kier alpha value is -3.41. The molecule has 0 spiro atoms. The van der Waals surface area contributed by atoms with Crippen LogP contribution in [0.1, 0.15) is 39.1 Å². The molecule has 1 amide bonds. The van der Waals surface area contributed by atoms with Crippen LogP contribution in [-0.4, -0.2) is 37.7 Å². The number of hydrogen-bond acceptors (Lipinski definition) is 4. The monoisotopic (exact) mass is 416 g/mol. The van der Waals surface area contributed by atoms with Gasteiger partial charge in [-0.1, -0.05) is 48.5 Å². The minimum Gasteiger partial charge on any atom is -0.444 e. The molecule has 0 bridgehead atoms. The summed E-state index contributed by atoms with van der Waals surface area (Å²) in [6.07, 6.45) is 1.48. The molecule has 2 aromatic carbocycles. The molecule has 0 atom stereocenters. The van der Waals surface area contributed by atoms with Crippen molar-refractivity contribution in [1.82, 2.24) is 19.4 Å². The van der Waals surface area contributed by atoms with Crippen molar-refractivity contribution >= 4 is 28.0 Å². The molecule has 4 rings (SSSR count). The van der Waals surface area contributed by atoms with E-state index in [2.05, 4.69) is 27.8 Å². The Morgan fingerprint density at radius 1 is 1.03 bits per heavy atom. The molecule has 0 aliphatic carbocycles. The third-order valence-electron chi connectivity index (χ3n) is 5.11. The fourth-order valence-electron chi connectivity index (χ4n) is 3.67. The van der Waals surface area contributed by atoms with Crippen LogP contribution in [0.5, 0.6) is 0 Å². The summed E-state index contributed by atoms with van der Waals surface area (Å²) in [4.78, 5) is 23.9. The number of para-hydroxylation sites is 1. The van der Waals surface area contributed by atoms with Gasteiger partial charge in [0.2, 0.25) is 0 Å². The smallest absolute Gasteiger partial charge is 0.410 e. The number of nitrogens with zero attached hydrogens (tertiary/aromatic N) is 4. The van der Waals surface area contributed by atoms with Gasteiger partial charge in [0, 0.05) is 18.5 Å². The molecule has 31 heavy (non-hydrogen) atoms. The van der Waals surface area contributed by atoms with Gasteiger partial charge in [0.25, 0.3) is 0 Å². The van der Waals surface area contributed by atoms with Gasteiger partial charge in [-0.2, -0.15) is 0 Å². The first-order valence-electron chi connectivity index (χ1n) is 10.6. The Kier molecular flexibility index (Phi) is 5.63. The van der Waals surface area contributed by atoms with Crippen LogP contribution >= 0.6 is 0 Å². The van der Waals surface area contributed by atoms with E-state index in [9.17, 15) is 4.79 Å². The predicted molar refractivity (Wildman–Crippen MR) is 123 cm³/mol. The molecule has 0 aliphatic heterocycles. The van der Waals surface area contributed by atoms with E-state index in [-0.39, 0.29) is 6.09 Å². The molecule has 2 heterocycles. The van der Waals surface area contributed by atoms with Crippen LogP contribution in [0.15, 0.2) is 60.8 Å². The second-order valence-corrected chi connectivity index (χ2v) is 8.60. The molecule has 0 saturated heterocycles. The molecule has 160 valence electrons. The normalized spacial score (nSPS) is 11.7. The van der Waals surface area contributed by atoms with E-state index in [4.69, 9.17) is 9.72 Å². The summed E-state index contributed by atoms with van der Waals surface area (Å²) in [6, 6.07) is 18.4. The summed E-state index contributed by atoms with van der Waals surface area (Å²) < 4.78 is 7.80. The van der Waals surface area contributed by atoms with Crippen molar-refractivity contribution < 1.29 is 9.53 Å². The lowest BCUT2D eigenvalue weighted by Gasteiger charge is -2.26. The number of aromatic nitrogens is 3. The fraction of sp³-hybridized carbons (Fsp3) is 0.320. The van der Waals surface area contributed by atoms with Crippen LogP contribution in [0.3, 0.4) is 0 Å². The van der Waals surface area contributed by atoms with Gasteiger partial charge in [-0.15, -0.1) is 0 Å². The molecule has 6 nitrogen and oxygen atoms in total. The average molecular weight is 417 g/mol. The van der Waals surface area contributed by atoms with E-state index in [0.29, 0.717) is 19.6 Å². The zero-order valence-electron chi connectivity index (χ0n) is 18.5. The van der Waals surface area contributed by atoms with Gasteiger partial charge in [-0.25, -0.2) is 9.78 Å². The van der Waals surface area contributed by atoms with Gasteiger partial charge in [-0.3, -0.25) is 4.98 Å². The second-order valence-electron chi connectivity index (χ2n) is 8.60. The Morgan fingerprint density at radius 3 is 2.45 bits per heavy atom. The standard InChI is InChI=1S/C25H28N4O2/c1-5-28(24(30)31-25(2,3)4)17-22-27-21-15-26-20-14-10-9-13-19(20)23(21)29(22)16-18-11-7-6-8-12-18/h6-15H,5,16-17H2,1-4H3. The number of carbonyl (C=O) groups is 1. The zero-order chi connectivity index (χ0) is 22.0. The first-order valence-corrected chi connectivity index (χ1v) is 10.6. The van der Waals surface area contributed by atoms with Crippen LogP contribution in [0.25, 0.3) is 21.9 Å². The summed E-state index contributed by atoms with van der Waals surface area (Å²) in [7, 11) is 0. The Bertz CT molecular complexity index is 1210. The number of carbonyl (C=O) groups excluding carboxylic acids is 1. The Balaban J connectivity index is 1.81. The van der Waals surface area contributed by atoms with Crippen molar-refractivity contribution in [1.29, 1.82) is 0 Å². The van der Waals surface area contributed by atoms with Gasteiger partial charge < -0.3 is 14.2 Å². The lowest BCUT2D eigenvalue weighted by molar-refractivity contribution is 0.0238. The van der Waals surface area contributed by atoms with Crippen molar-refractivity contribution in [2.75, 3.05) is 6.54 Å². The van der Waals surface area contributed by atoms with Gasteiger partial charge in [0.15, 0.2) is 0 Å². The van der Waals surface area contributed by atoms with E-state index in [1.807, 2.05) is 70.3 Å². The summed E-state index contributed by atoms with van der Waals surface area (Å²) in [5.74, 6) is 0.810. The molecule has 0 saturated carbocycles. The second kappa shape index (κ2) is 8.38. The third kappa shape index (κ3) is 4.53. The highest BCUT2D eigenvalue weighted by atomic mass is 16.6. The number of benzene rings is 2. The molecule has 6 heteroatoms. The molecule has 4 aromatic rings. The zero-order valence-corrected chi connectivity index (χ0v) is 18.5. The van der Waals surface area contributed by atoms with E-state index >= 15 is 0 Å². The number of amides is 1. The van der Waals surface area contributed by atoms with E-state index in [0.717, 1.165) is 27.8 Å². The largest absolute Gasteiger partial charge is 0.444 e. The number of pyridine rings is 1. The number of hydrogen-bond donors (Lipinski definition) is 0. The first-order chi connectivity index (χ1) is 14.9. The van der Waals surface area contributed by atoms with Crippen molar-refractivity contribution in [2.45, 2.75) is 46.4 Å². The van der Waals surface area contributed by atoms with Gasteiger partial charge in [0.1, 0.15) is 16.9 Å². The minimum atomic E-state index is -0.547. The summed E-state index contributed by atoms with van der Waals surface area (Å²) in [6.45, 7) is 9.13. The highest BCUT2D eigenvalue weighted by molar-refractivity contribution is 6.02. The number of rotatable bonds is 5. The molecular weight excluding hydrogens is 388 g/mol. The maximum absolute atomic E-state index is 12.7. The molecule has 0 unspecified atom stereocenters. The number of ether oxygens (including phenoxy) is 1. The molecule has 2 aromatic heterocycles. The van der Waals surface area contributed by atoms with Crippen LogP contribution in [0.4, 0.5) is 4.79 Å². The quantitative estimate of drug-likeness (QED) is 0.438. The van der Waals surface area contributed by atoms with Gasteiger partial charge >= 0.3 is 6.09 Å². The molecule has 0 N–H and O–H groups in total. The molecule has 0 aliphatic rings. The highest BCUT2D eigenvalue weighted by Crippen LogP contribution is 2.26. The summed E-state index contributed by atoms with van der Waals surface area (Å²) in [5, 5.41) is 1.05. The summed E-state index contributed by atoms with van der Waals surface area (Å²) in [5.41, 5.74) is 3.41. The topological polar surface area (TPSA) is 60.2 Å². The predicted octanol–water partition coefficient (Wildman–Crippen LogP) is 5.39. The lowest BCUT2D eigenvalue weighted by Crippen LogP contribution is -2.37. The Morgan fingerprint density at radius 2 is 1.74 bits per heavy atom. The lowest BCUT2D eigenvalue weighted by atomic mass is 10.2. The van der Waals surface area contributed by atoms with E-state index in [1.165, 1.54) is 5.56 Å². The van der Waals surface area contributed by atoms with Crippen molar-refractivity contribution in [2.24, 2.45) is 0 Å². The van der Waals surface area contributed by atoms with Crippen LogP contribution < -0.4 is 0 Å². The van der Waals surface area contributed by atoms with Crippen molar-refractivity contribution in [3.63, 3.8) is 0 Å². The first kappa shape index (κ1) is 20.8. The Labute approximate surface area is 182 Å². The number of imidazole rings is 1. The third-order valence-corrected chi connectivity index (χ3v) is 5.11. The van der Waals surface area contributed by atoms with Crippen LogP contribution in [-0.2, 0) is 17.8 Å². The van der Waals surface area contributed by atoms with Gasteiger partial charge in [-0.05, 0) is 39.3 Å². The minimum absolute atomic E-state index is 0.337. The summed E-state index contributed by atoms with van der Waals surface area (Å²) >= 11 is 0. The maximum atomic E-state index is 12.7. The fourth-order valence-corrected chi connectivity index (χ4v) is 3.67. The maximum Gasteiger partial charge on any atom is 0.410 e. The van der Waals surface area contributed by atoms with Crippen molar-refractivity contribution in [3.05, 3.63) is 72.2 Å². The van der Waals surface area contributed by atoms with E-state index in [1.54, 1.807) is 4.90 Å². The van der Waals surface area contributed by atoms with Crippen LogP contribution in [0.2, 0.25) is 0 Å². The molecular formula is C25H28N4O2. The van der Waals surface area contributed by atoms with Gasteiger partial charge in [0.05, 0.1) is 23.8 Å². The van der Waals surface area contributed by atoms with E-state index < -0.39 is 5.60 Å². The van der Waals surface area contributed by atoms with Crippen molar-refractivity contribution in [3.8, 4) is 0 Å². The average Bonchev–Trinajstić information content (AvgIpc) is 3.09. The van der Waals surface area contributed by atoms with Crippen LogP contribution in [0, 0.1) is 0 Å².